The van der Waals surface area contributed by atoms with Gasteiger partial charge in [0.15, 0.2) is 0 Å². The van der Waals surface area contributed by atoms with Gasteiger partial charge in [0.1, 0.15) is 11.6 Å². The van der Waals surface area contributed by atoms with E-state index in [1.165, 1.54) is 11.6 Å². The Morgan fingerprint density at radius 2 is 1.76 bits per heavy atom. The van der Waals surface area contributed by atoms with Gasteiger partial charge in [0.25, 0.3) is 0 Å². The molecule has 0 radical (unpaired) electrons. The molecule has 0 unspecified atom stereocenters. The van der Waals surface area contributed by atoms with Crippen LogP contribution in [0.3, 0.4) is 0 Å². The first-order valence-corrected chi connectivity index (χ1v) is 9.96. The van der Waals surface area contributed by atoms with Gasteiger partial charge in [-0.25, -0.2) is 4.39 Å². The van der Waals surface area contributed by atoms with E-state index < -0.39 is 0 Å². The van der Waals surface area contributed by atoms with Gasteiger partial charge in [-0.3, -0.25) is 0 Å². The second-order valence-electron chi connectivity index (χ2n) is 7.33. The third-order valence-electron chi connectivity index (χ3n) is 4.99. The standard InChI is InChI=1S/C23H28FN3O2/c1-17-8-11-19(16-21(17)24)23-25-22(29-26-23)7-5-15-27(2)14-4-6-18-9-12-20(28-3)13-10-18/h8-13,16H,4-7,14-15H2,1-3H3. The first kappa shape index (κ1) is 21.0. The van der Waals surface area contributed by atoms with Crippen LogP contribution in [0.25, 0.3) is 11.4 Å². The first-order valence-electron chi connectivity index (χ1n) is 9.96. The normalized spacial score (nSPS) is 11.2. The fourth-order valence-corrected chi connectivity index (χ4v) is 3.16. The fraction of sp³-hybridized carbons (Fsp3) is 0.391. The number of aryl methyl sites for hydroxylation is 3. The van der Waals surface area contributed by atoms with E-state index in [1.54, 1.807) is 20.1 Å². The van der Waals surface area contributed by atoms with Crippen molar-refractivity contribution in [3.63, 3.8) is 0 Å². The van der Waals surface area contributed by atoms with E-state index in [-0.39, 0.29) is 5.82 Å². The molecular formula is C23H28FN3O2. The molecule has 0 N–H and O–H groups in total. The van der Waals surface area contributed by atoms with Gasteiger partial charge in [0.05, 0.1) is 7.11 Å². The fourth-order valence-electron chi connectivity index (χ4n) is 3.16. The summed E-state index contributed by atoms with van der Waals surface area (Å²) < 4.78 is 24.2. The zero-order chi connectivity index (χ0) is 20.6. The van der Waals surface area contributed by atoms with Crippen molar-refractivity contribution < 1.29 is 13.7 Å². The molecule has 0 bridgehead atoms. The lowest BCUT2D eigenvalue weighted by atomic mass is 10.1. The summed E-state index contributed by atoms with van der Waals surface area (Å²) in [7, 11) is 3.81. The number of nitrogens with zero attached hydrogens (tertiary/aromatic N) is 3. The Bertz CT molecular complexity index is 909. The summed E-state index contributed by atoms with van der Waals surface area (Å²) in [4.78, 5) is 6.71. The average Bonchev–Trinajstić information content (AvgIpc) is 3.19. The van der Waals surface area contributed by atoms with Gasteiger partial charge in [-0.15, -0.1) is 0 Å². The zero-order valence-corrected chi connectivity index (χ0v) is 17.3. The summed E-state index contributed by atoms with van der Waals surface area (Å²) in [6.07, 6.45) is 3.80. The molecule has 0 amide bonds. The molecule has 6 heteroatoms. The predicted molar refractivity (Wildman–Crippen MR) is 112 cm³/mol. The number of hydrogen-bond acceptors (Lipinski definition) is 5. The second-order valence-corrected chi connectivity index (χ2v) is 7.33. The van der Waals surface area contributed by atoms with Gasteiger partial charge in [-0.05, 0) is 75.6 Å². The predicted octanol–water partition coefficient (Wildman–Crippen LogP) is 4.69. The Hall–Kier alpha value is -2.73. The molecule has 1 heterocycles. The van der Waals surface area contributed by atoms with Crippen LogP contribution < -0.4 is 4.74 Å². The van der Waals surface area contributed by atoms with Crippen molar-refractivity contribution in [2.24, 2.45) is 0 Å². The van der Waals surface area contributed by atoms with Gasteiger partial charge < -0.3 is 14.2 Å². The molecule has 3 rings (SSSR count). The van der Waals surface area contributed by atoms with E-state index in [9.17, 15) is 4.39 Å². The molecular weight excluding hydrogens is 369 g/mol. The van der Waals surface area contributed by atoms with Gasteiger partial charge in [-0.1, -0.05) is 29.4 Å². The molecule has 1 aromatic heterocycles. The summed E-state index contributed by atoms with van der Waals surface area (Å²) in [5.41, 5.74) is 2.57. The third-order valence-corrected chi connectivity index (χ3v) is 4.99. The third kappa shape index (κ3) is 6.12. The van der Waals surface area contributed by atoms with Gasteiger partial charge in [-0.2, -0.15) is 4.98 Å². The SMILES string of the molecule is COc1ccc(CCCN(C)CCCc2nc(-c3ccc(C)c(F)c3)no2)cc1. The zero-order valence-electron chi connectivity index (χ0n) is 17.3. The van der Waals surface area contributed by atoms with E-state index in [0.717, 1.165) is 38.1 Å². The highest BCUT2D eigenvalue weighted by Crippen LogP contribution is 2.19. The van der Waals surface area contributed by atoms with Crippen molar-refractivity contribution in [2.75, 3.05) is 27.2 Å². The van der Waals surface area contributed by atoms with Crippen molar-refractivity contribution in [2.45, 2.75) is 32.6 Å². The van der Waals surface area contributed by atoms with Crippen LogP contribution in [-0.2, 0) is 12.8 Å². The molecule has 0 aliphatic rings. The number of hydrogen-bond donors (Lipinski definition) is 0. The molecule has 0 atom stereocenters. The Labute approximate surface area is 171 Å². The van der Waals surface area contributed by atoms with Crippen molar-refractivity contribution >= 4 is 0 Å². The van der Waals surface area contributed by atoms with E-state index in [2.05, 4.69) is 34.2 Å². The molecule has 0 saturated carbocycles. The largest absolute Gasteiger partial charge is 0.497 e. The Kier molecular flexibility index (Phi) is 7.36. The molecule has 0 spiro atoms. The lowest BCUT2D eigenvalue weighted by Crippen LogP contribution is -2.21. The molecule has 0 aliphatic heterocycles. The van der Waals surface area contributed by atoms with Gasteiger partial charge >= 0.3 is 0 Å². The molecule has 0 aliphatic carbocycles. The maximum atomic E-state index is 13.7. The van der Waals surface area contributed by atoms with Crippen LogP contribution in [0.5, 0.6) is 5.75 Å². The van der Waals surface area contributed by atoms with Crippen LogP contribution in [-0.4, -0.2) is 42.3 Å². The highest BCUT2D eigenvalue weighted by Gasteiger charge is 2.10. The van der Waals surface area contributed by atoms with Crippen LogP contribution in [0.1, 0.15) is 29.9 Å². The van der Waals surface area contributed by atoms with Gasteiger partial charge in [0, 0.05) is 12.0 Å². The maximum Gasteiger partial charge on any atom is 0.227 e. The Morgan fingerprint density at radius 3 is 2.45 bits per heavy atom. The van der Waals surface area contributed by atoms with Gasteiger partial charge in [0.2, 0.25) is 11.7 Å². The van der Waals surface area contributed by atoms with Crippen molar-refractivity contribution in [3.05, 3.63) is 65.3 Å². The Balaban J connectivity index is 1.38. The summed E-state index contributed by atoms with van der Waals surface area (Å²) in [5.74, 6) is 1.66. The number of aromatic nitrogens is 2. The van der Waals surface area contributed by atoms with Crippen LogP contribution in [0, 0.1) is 12.7 Å². The van der Waals surface area contributed by atoms with Crippen LogP contribution in [0.2, 0.25) is 0 Å². The number of methoxy groups -OCH3 is 1. The number of benzene rings is 2. The van der Waals surface area contributed by atoms with Crippen LogP contribution in [0.15, 0.2) is 47.0 Å². The quantitative estimate of drug-likeness (QED) is 0.497. The molecule has 29 heavy (non-hydrogen) atoms. The highest BCUT2D eigenvalue weighted by molar-refractivity contribution is 5.54. The molecule has 0 saturated heterocycles. The second kappa shape index (κ2) is 10.2. The maximum absolute atomic E-state index is 13.7. The van der Waals surface area contributed by atoms with E-state index in [4.69, 9.17) is 9.26 Å². The van der Waals surface area contributed by atoms with E-state index in [1.807, 2.05) is 18.2 Å². The van der Waals surface area contributed by atoms with E-state index >= 15 is 0 Å². The molecule has 154 valence electrons. The lowest BCUT2D eigenvalue weighted by Gasteiger charge is -2.15. The summed E-state index contributed by atoms with van der Waals surface area (Å²) in [6.45, 7) is 3.72. The van der Waals surface area contributed by atoms with Crippen molar-refractivity contribution in [3.8, 4) is 17.1 Å². The monoisotopic (exact) mass is 397 g/mol. The van der Waals surface area contributed by atoms with Crippen LogP contribution >= 0.6 is 0 Å². The molecule has 0 fully saturated rings. The topological polar surface area (TPSA) is 51.4 Å². The first-order chi connectivity index (χ1) is 14.0. The summed E-state index contributed by atoms with van der Waals surface area (Å²) in [5, 5.41) is 3.98. The van der Waals surface area contributed by atoms with Crippen LogP contribution in [0.4, 0.5) is 4.39 Å². The molecule has 3 aromatic rings. The molecule has 5 nitrogen and oxygen atoms in total. The minimum atomic E-state index is -0.259. The van der Waals surface area contributed by atoms with Crippen molar-refractivity contribution in [1.82, 2.24) is 15.0 Å². The van der Waals surface area contributed by atoms with E-state index in [0.29, 0.717) is 29.3 Å². The number of halogens is 1. The summed E-state index contributed by atoms with van der Waals surface area (Å²) >= 11 is 0. The lowest BCUT2D eigenvalue weighted by molar-refractivity contribution is 0.312. The minimum absolute atomic E-state index is 0.259. The Morgan fingerprint density at radius 1 is 1.03 bits per heavy atom. The smallest absolute Gasteiger partial charge is 0.227 e. The average molecular weight is 397 g/mol. The molecule has 2 aromatic carbocycles. The highest BCUT2D eigenvalue weighted by atomic mass is 19.1. The minimum Gasteiger partial charge on any atom is -0.497 e. The summed E-state index contributed by atoms with van der Waals surface area (Å²) in [6, 6.07) is 13.2. The number of ether oxygens (including phenoxy) is 1. The number of rotatable bonds is 10. The van der Waals surface area contributed by atoms with Crippen molar-refractivity contribution in [1.29, 1.82) is 0 Å².